The standard InChI is InChI=1S/C20H33N5O2/c1-14(2)18-22-15(3)13-16(23-18)24-9-11-25(12-10-24)17(26)7-8-21-19(27)20(4,5)6/h13-14H,7-12H2,1-6H3,(H,21,27). The number of nitrogens with one attached hydrogen (secondary N) is 1. The van der Waals surface area contributed by atoms with Crippen molar-refractivity contribution in [1.82, 2.24) is 20.2 Å². The van der Waals surface area contributed by atoms with Crippen LogP contribution in [0.25, 0.3) is 0 Å². The minimum Gasteiger partial charge on any atom is -0.355 e. The number of aromatic nitrogens is 2. The SMILES string of the molecule is Cc1cc(N2CCN(C(=O)CCNC(=O)C(C)(C)C)CC2)nc(C(C)C)n1. The van der Waals surface area contributed by atoms with Gasteiger partial charge in [-0.25, -0.2) is 9.97 Å². The van der Waals surface area contributed by atoms with Crippen LogP contribution in [-0.4, -0.2) is 59.4 Å². The lowest BCUT2D eigenvalue weighted by Crippen LogP contribution is -2.49. The molecule has 7 nitrogen and oxygen atoms in total. The first-order chi connectivity index (χ1) is 12.6. The lowest BCUT2D eigenvalue weighted by atomic mass is 9.96. The Balaban J connectivity index is 1.84. The van der Waals surface area contributed by atoms with Crippen LogP contribution in [0.2, 0.25) is 0 Å². The fourth-order valence-electron chi connectivity index (χ4n) is 2.89. The van der Waals surface area contributed by atoms with Gasteiger partial charge in [0.05, 0.1) is 0 Å². The van der Waals surface area contributed by atoms with Gasteiger partial charge in [-0.2, -0.15) is 0 Å². The number of carbonyl (C=O) groups excluding carboxylic acids is 2. The first-order valence-corrected chi connectivity index (χ1v) is 9.74. The molecule has 0 atom stereocenters. The van der Waals surface area contributed by atoms with Crippen LogP contribution in [-0.2, 0) is 9.59 Å². The summed E-state index contributed by atoms with van der Waals surface area (Å²) in [5, 5.41) is 2.84. The molecule has 1 saturated heterocycles. The van der Waals surface area contributed by atoms with E-state index >= 15 is 0 Å². The zero-order valence-electron chi connectivity index (χ0n) is 17.5. The van der Waals surface area contributed by atoms with E-state index in [-0.39, 0.29) is 17.7 Å². The van der Waals surface area contributed by atoms with Crippen molar-refractivity contribution < 1.29 is 9.59 Å². The molecule has 1 N–H and O–H groups in total. The fourth-order valence-corrected chi connectivity index (χ4v) is 2.89. The third kappa shape index (κ3) is 5.91. The van der Waals surface area contributed by atoms with Gasteiger partial charge in [0.2, 0.25) is 11.8 Å². The summed E-state index contributed by atoms with van der Waals surface area (Å²) in [5.41, 5.74) is 0.538. The van der Waals surface area contributed by atoms with E-state index in [1.165, 1.54) is 0 Å². The molecular weight excluding hydrogens is 342 g/mol. The quantitative estimate of drug-likeness (QED) is 0.853. The summed E-state index contributed by atoms with van der Waals surface area (Å²) in [6, 6.07) is 2.01. The average Bonchev–Trinajstić information content (AvgIpc) is 2.60. The lowest BCUT2D eigenvalue weighted by Gasteiger charge is -2.35. The summed E-state index contributed by atoms with van der Waals surface area (Å²) in [6.45, 7) is 15.0. The monoisotopic (exact) mass is 375 g/mol. The van der Waals surface area contributed by atoms with Crippen molar-refractivity contribution in [2.75, 3.05) is 37.6 Å². The van der Waals surface area contributed by atoms with E-state index < -0.39 is 5.41 Å². The first kappa shape index (κ1) is 21.1. The number of nitrogens with zero attached hydrogens (tertiary/aromatic N) is 4. The molecule has 1 aromatic rings. The Labute approximate surface area is 162 Å². The molecule has 150 valence electrons. The molecule has 0 aliphatic carbocycles. The van der Waals surface area contributed by atoms with E-state index in [1.54, 1.807) is 0 Å². The summed E-state index contributed by atoms with van der Waals surface area (Å²) < 4.78 is 0. The molecule has 0 aromatic carbocycles. The number of anilines is 1. The molecule has 0 saturated carbocycles. The zero-order chi connectivity index (χ0) is 20.2. The molecule has 7 heteroatoms. The summed E-state index contributed by atoms with van der Waals surface area (Å²) in [7, 11) is 0. The summed E-state index contributed by atoms with van der Waals surface area (Å²) in [5.74, 6) is 2.15. The molecule has 2 amide bonds. The molecule has 1 aromatic heterocycles. The van der Waals surface area contributed by atoms with Crippen LogP contribution in [0.15, 0.2) is 6.07 Å². The minimum absolute atomic E-state index is 0.0276. The predicted molar refractivity (Wildman–Crippen MR) is 107 cm³/mol. The smallest absolute Gasteiger partial charge is 0.225 e. The van der Waals surface area contributed by atoms with Crippen molar-refractivity contribution >= 4 is 17.6 Å². The molecule has 0 radical (unpaired) electrons. The maximum Gasteiger partial charge on any atom is 0.225 e. The summed E-state index contributed by atoms with van der Waals surface area (Å²) in [4.78, 5) is 37.5. The van der Waals surface area contributed by atoms with Crippen LogP contribution >= 0.6 is 0 Å². The second-order valence-electron chi connectivity index (χ2n) is 8.50. The van der Waals surface area contributed by atoms with E-state index in [9.17, 15) is 9.59 Å². The van der Waals surface area contributed by atoms with Gasteiger partial charge in [0, 0.05) is 62.2 Å². The van der Waals surface area contributed by atoms with Gasteiger partial charge in [0.25, 0.3) is 0 Å². The van der Waals surface area contributed by atoms with Gasteiger partial charge in [-0.15, -0.1) is 0 Å². The van der Waals surface area contributed by atoms with Crippen molar-refractivity contribution in [3.63, 3.8) is 0 Å². The molecule has 2 heterocycles. The van der Waals surface area contributed by atoms with Crippen LogP contribution in [0.5, 0.6) is 0 Å². The van der Waals surface area contributed by atoms with Gasteiger partial charge < -0.3 is 15.1 Å². The highest BCUT2D eigenvalue weighted by atomic mass is 16.2. The number of piperazine rings is 1. The van der Waals surface area contributed by atoms with Gasteiger partial charge in [-0.05, 0) is 6.92 Å². The van der Waals surface area contributed by atoms with Crippen molar-refractivity contribution in [2.45, 2.75) is 53.9 Å². The van der Waals surface area contributed by atoms with E-state index in [1.807, 2.05) is 38.7 Å². The summed E-state index contributed by atoms with van der Waals surface area (Å²) in [6.07, 6.45) is 0.339. The van der Waals surface area contributed by atoms with E-state index in [0.29, 0.717) is 26.1 Å². The maximum atomic E-state index is 12.4. The van der Waals surface area contributed by atoms with E-state index in [2.05, 4.69) is 34.0 Å². The Morgan fingerprint density at radius 3 is 2.33 bits per heavy atom. The Kier molecular flexibility index (Phi) is 6.78. The van der Waals surface area contributed by atoms with Gasteiger partial charge in [0.15, 0.2) is 0 Å². The molecule has 0 bridgehead atoms. The predicted octanol–water partition coefficient (Wildman–Crippen LogP) is 2.11. The fraction of sp³-hybridized carbons (Fsp3) is 0.700. The van der Waals surface area contributed by atoms with E-state index in [0.717, 1.165) is 30.4 Å². The molecule has 2 rings (SSSR count). The molecule has 1 aliphatic heterocycles. The molecule has 0 unspecified atom stereocenters. The highest BCUT2D eigenvalue weighted by Gasteiger charge is 2.24. The van der Waals surface area contributed by atoms with Crippen LogP contribution in [0, 0.1) is 12.3 Å². The first-order valence-electron chi connectivity index (χ1n) is 9.74. The molecule has 0 spiro atoms. The van der Waals surface area contributed by atoms with Gasteiger partial charge >= 0.3 is 0 Å². The topological polar surface area (TPSA) is 78.4 Å². The van der Waals surface area contributed by atoms with Gasteiger partial charge in [-0.1, -0.05) is 34.6 Å². The third-order valence-corrected chi connectivity index (χ3v) is 4.64. The van der Waals surface area contributed by atoms with Crippen LogP contribution in [0.3, 0.4) is 0 Å². The van der Waals surface area contributed by atoms with Crippen molar-refractivity contribution in [2.24, 2.45) is 5.41 Å². The number of rotatable bonds is 5. The second kappa shape index (κ2) is 8.67. The third-order valence-electron chi connectivity index (χ3n) is 4.64. The number of hydrogen-bond acceptors (Lipinski definition) is 5. The number of aryl methyl sites for hydroxylation is 1. The highest BCUT2D eigenvalue weighted by Crippen LogP contribution is 2.19. The van der Waals surface area contributed by atoms with Crippen LogP contribution in [0.1, 0.15) is 58.5 Å². The Bertz CT molecular complexity index is 673. The Morgan fingerprint density at radius 2 is 1.78 bits per heavy atom. The van der Waals surface area contributed by atoms with E-state index in [4.69, 9.17) is 0 Å². The second-order valence-corrected chi connectivity index (χ2v) is 8.50. The zero-order valence-corrected chi connectivity index (χ0v) is 17.5. The number of amides is 2. The normalized spacial score (nSPS) is 15.2. The molecule has 1 fully saturated rings. The van der Waals surface area contributed by atoms with Gasteiger partial charge in [-0.3, -0.25) is 9.59 Å². The van der Waals surface area contributed by atoms with Crippen molar-refractivity contribution in [3.05, 3.63) is 17.6 Å². The van der Waals surface area contributed by atoms with Crippen molar-refractivity contribution in [3.8, 4) is 0 Å². The average molecular weight is 376 g/mol. The molecule has 1 aliphatic rings. The Morgan fingerprint density at radius 1 is 1.15 bits per heavy atom. The maximum absolute atomic E-state index is 12.4. The van der Waals surface area contributed by atoms with Crippen LogP contribution in [0.4, 0.5) is 5.82 Å². The van der Waals surface area contributed by atoms with Gasteiger partial charge in [0.1, 0.15) is 11.6 Å². The summed E-state index contributed by atoms with van der Waals surface area (Å²) >= 11 is 0. The molecular formula is C20H33N5O2. The number of carbonyl (C=O) groups is 2. The molecule has 27 heavy (non-hydrogen) atoms. The minimum atomic E-state index is -0.431. The lowest BCUT2D eigenvalue weighted by molar-refractivity contribution is -0.132. The van der Waals surface area contributed by atoms with Crippen molar-refractivity contribution in [1.29, 1.82) is 0 Å². The van der Waals surface area contributed by atoms with Crippen LogP contribution < -0.4 is 10.2 Å². The number of hydrogen-bond donors (Lipinski definition) is 1. The largest absolute Gasteiger partial charge is 0.355 e. The Hall–Kier alpha value is -2.18. The highest BCUT2D eigenvalue weighted by molar-refractivity contribution is 5.82.